The van der Waals surface area contributed by atoms with Gasteiger partial charge < -0.3 is 34.4 Å². The lowest BCUT2D eigenvalue weighted by molar-refractivity contribution is -0.191. The maximum absolute atomic E-state index is 11.7. The number of halogens is 1. The average molecular weight is 799 g/mol. The van der Waals surface area contributed by atoms with Crippen LogP contribution in [0.5, 0.6) is 17.2 Å². The number of benzene rings is 3. The Bertz CT molecular complexity index is 2070. The number of piperidine rings is 1. The zero-order valence-corrected chi connectivity index (χ0v) is 32.7. The van der Waals surface area contributed by atoms with Crippen LogP contribution in [0.15, 0.2) is 67.0 Å². The Hall–Kier alpha value is -5.32. The van der Waals surface area contributed by atoms with Gasteiger partial charge >= 0.3 is 12.1 Å². The lowest BCUT2D eigenvalue weighted by atomic mass is 9.93. The maximum Gasteiger partial charge on any atom is 0.373 e. The van der Waals surface area contributed by atoms with Gasteiger partial charge in [-0.25, -0.2) is 0 Å². The van der Waals surface area contributed by atoms with Gasteiger partial charge in [0.25, 0.3) is 0 Å². The fraction of sp³-hybridized carbons (Fsp3) is 0.395. The van der Waals surface area contributed by atoms with Crippen molar-refractivity contribution in [2.75, 3.05) is 26.2 Å². The summed E-state index contributed by atoms with van der Waals surface area (Å²) in [6.07, 6.45) is 5.90. The van der Waals surface area contributed by atoms with Crippen molar-refractivity contribution in [3.05, 3.63) is 105 Å². The number of nitriles is 1. The van der Waals surface area contributed by atoms with Crippen LogP contribution in [0.4, 0.5) is 0 Å². The van der Waals surface area contributed by atoms with Gasteiger partial charge in [0, 0.05) is 55.8 Å². The van der Waals surface area contributed by atoms with Crippen LogP contribution in [0, 0.1) is 18.3 Å². The zero-order chi connectivity index (χ0) is 40.9. The van der Waals surface area contributed by atoms with E-state index in [1.54, 1.807) is 24.4 Å². The molecule has 2 heterocycles. The van der Waals surface area contributed by atoms with E-state index in [2.05, 4.69) is 46.4 Å². The molecule has 14 heteroatoms. The van der Waals surface area contributed by atoms with E-state index in [9.17, 15) is 25.4 Å². The first-order valence-electron chi connectivity index (χ1n) is 18.9. The van der Waals surface area contributed by atoms with E-state index in [0.29, 0.717) is 39.8 Å². The van der Waals surface area contributed by atoms with Crippen LogP contribution in [0.3, 0.4) is 0 Å². The van der Waals surface area contributed by atoms with E-state index in [-0.39, 0.29) is 31.5 Å². The Kier molecular flexibility index (Phi) is 15.6. The maximum atomic E-state index is 11.7. The number of rotatable bonds is 16. The molecule has 1 aliphatic carbocycles. The van der Waals surface area contributed by atoms with E-state index in [4.69, 9.17) is 35.4 Å². The molecule has 4 aromatic rings. The average Bonchev–Trinajstić information content (AvgIpc) is 3.61. The van der Waals surface area contributed by atoms with E-state index in [1.165, 1.54) is 18.7 Å². The molecule has 0 amide bonds. The number of pyridine rings is 1. The number of fused-ring (bicyclic) bond motifs is 1. The molecule has 3 aromatic carbocycles. The van der Waals surface area contributed by atoms with Crippen molar-refractivity contribution < 1.29 is 43.9 Å². The van der Waals surface area contributed by atoms with Crippen LogP contribution < -0.4 is 19.5 Å². The van der Waals surface area contributed by atoms with Gasteiger partial charge in [-0.15, -0.1) is 0 Å². The Labute approximate surface area is 336 Å². The minimum atomic E-state index is -1.20. The Balaban J connectivity index is 0.00000200. The molecule has 3 atom stereocenters. The number of carbonyl (C=O) groups excluding carboxylic acids is 2. The summed E-state index contributed by atoms with van der Waals surface area (Å²) >= 11 is 6.82. The molecule has 0 saturated carbocycles. The molecule has 6 rings (SSSR count). The smallest absolute Gasteiger partial charge is 0.373 e. The number of nitrogens with one attached hydrogen (secondary N) is 1. The largest absolute Gasteiger partial charge is 0.493 e. The first-order valence-corrected chi connectivity index (χ1v) is 19.2. The minimum Gasteiger partial charge on any atom is -0.493 e. The SMILES string of the molecule is Cc1c(OCCCN2CCC(O)CC2)cccc1-c1cccc2c1CC[C@@H]2Oc1cc(OCc2cncc(C#N)c2)c(CN[C@H](C(=O)O)[C@@H](C)O)cc1Cl.O=C=O. The second-order valence-corrected chi connectivity index (χ2v) is 14.5. The van der Waals surface area contributed by atoms with Crippen LogP contribution in [-0.4, -0.2) is 81.8 Å². The van der Waals surface area contributed by atoms with Gasteiger partial charge in [0.2, 0.25) is 0 Å². The van der Waals surface area contributed by atoms with Crippen molar-refractivity contribution in [3.8, 4) is 34.4 Å². The van der Waals surface area contributed by atoms with Gasteiger partial charge in [0.05, 0.1) is 29.4 Å². The molecule has 300 valence electrons. The van der Waals surface area contributed by atoms with E-state index < -0.39 is 18.1 Å². The molecule has 1 fully saturated rings. The monoisotopic (exact) mass is 798 g/mol. The molecule has 0 spiro atoms. The summed E-state index contributed by atoms with van der Waals surface area (Å²) < 4.78 is 19.1. The van der Waals surface area contributed by atoms with Gasteiger partial charge in [-0.2, -0.15) is 14.9 Å². The number of likely N-dealkylation sites (tertiary alicyclic amines) is 1. The fourth-order valence-corrected chi connectivity index (χ4v) is 7.46. The topological polar surface area (TPSA) is 192 Å². The van der Waals surface area contributed by atoms with Gasteiger partial charge in [-0.3, -0.25) is 15.1 Å². The molecule has 1 aromatic heterocycles. The highest BCUT2D eigenvalue weighted by molar-refractivity contribution is 6.32. The third kappa shape index (κ3) is 11.4. The van der Waals surface area contributed by atoms with Crippen molar-refractivity contribution in [2.45, 2.75) is 83.5 Å². The predicted octanol–water partition coefficient (Wildman–Crippen LogP) is 5.79. The number of aliphatic carboxylic acids is 1. The normalized spacial score (nSPS) is 16.2. The number of aromatic nitrogens is 1. The number of carbonyl (C=O) groups is 1. The Morgan fingerprint density at radius 3 is 2.49 bits per heavy atom. The van der Waals surface area contributed by atoms with E-state index >= 15 is 0 Å². The number of carboxylic acids is 1. The van der Waals surface area contributed by atoms with Gasteiger partial charge in [0.15, 0.2) is 0 Å². The van der Waals surface area contributed by atoms with Crippen LogP contribution in [-0.2, 0) is 34.0 Å². The predicted molar refractivity (Wildman–Crippen MR) is 210 cm³/mol. The number of aliphatic hydroxyl groups is 2. The molecular formula is C43H47ClN4O9. The number of carboxylic acid groups (broad SMARTS) is 1. The highest BCUT2D eigenvalue weighted by Gasteiger charge is 2.29. The lowest BCUT2D eigenvalue weighted by Crippen LogP contribution is -2.44. The molecule has 57 heavy (non-hydrogen) atoms. The van der Waals surface area contributed by atoms with Gasteiger partial charge in [0.1, 0.15) is 42.1 Å². The number of hydrogen-bond acceptors (Lipinski definition) is 12. The number of nitrogens with zero attached hydrogens (tertiary/aromatic N) is 3. The third-order valence-electron chi connectivity index (χ3n) is 10.2. The van der Waals surface area contributed by atoms with Crippen molar-refractivity contribution >= 4 is 23.7 Å². The first kappa shape index (κ1) is 42.8. The summed E-state index contributed by atoms with van der Waals surface area (Å²) in [5.74, 6) is 0.517. The Morgan fingerprint density at radius 1 is 1.04 bits per heavy atom. The summed E-state index contributed by atoms with van der Waals surface area (Å²) in [6, 6.07) is 18.4. The first-order chi connectivity index (χ1) is 27.5. The number of aliphatic hydroxyl groups excluding tert-OH is 2. The van der Waals surface area contributed by atoms with Gasteiger partial charge in [-0.05, 0) is 92.0 Å². The van der Waals surface area contributed by atoms with E-state index in [1.807, 2.05) is 18.2 Å². The molecule has 4 N–H and O–H groups in total. The standard InChI is InChI=1S/C42H47ClN4O7.CO2/c1-26-32(6-4-9-37(26)52-17-5-14-47-15-12-31(49)13-16-47)33-7-3-8-35-34(33)10-11-38(35)54-40-20-39(53-25-29-18-28(21-44)22-45-23-29)30(19-36(40)43)24-46-41(27(2)48)42(50)51;2-1-3/h3-4,6-9,18-20,22-23,27,31,38,41,46,48-49H,5,10-17,24-25H2,1-2H3,(H,50,51);/t27-,38+,41+;/m1./s1. The summed E-state index contributed by atoms with van der Waals surface area (Å²) in [7, 11) is 0. The number of ether oxygens (including phenoxy) is 3. The number of hydrogen-bond donors (Lipinski definition) is 4. The summed E-state index contributed by atoms with van der Waals surface area (Å²) in [5.41, 5.74) is 7.29. The zero-order valence-electron chi connectivity index (χ0n) is 31.9. The second-order valence-electron chi connectivity index (χ2n) is 14.1. The van der Waals surface area contributed by atoms with Crippen LogP contribution in [0.1, 0.15) is 72.1 Å². The van der Waals surface area contributed by atoms with E-state index in [0.717, 1.165) is 79.7 Å². The molecule has 1 aliphatic heterocycles. The van der Waals surface area contributed by atoms with Crippen LogP contribution in [0.2, 0.25) is 5.02 Å². The quantitative estimate of drug-likeness (QED) is 0.0997. The molecular weight excluding hydrogens is 752 g/mol. The molecule has 13 nitrogen and oxygen atoms in total. The minimum absolute atomic E-state index is 0.0505. The lowest BCUT2D eigenvalue weighted by Gasteiger charge is -2.29. The van der Waals surface area contributed by atoms with Crippen LogP contribution in [0.25, 0.3) is 11.1 Å². The Morgan fingerprint density at radius 2 is 1.77 bits per heavy atom. The van der Waals surface area contributed by atoms with Crippen molar-refractivity contribution in [1.82, 2.24) is 15.2 Å². The summed E-state index contributed by atoms with van der Waals surface area (Å²) in [6.45, 7) is 7.09. The molecule has 0 bridgehead atoms. The van der Waals surface area contributed by atoms with Gasteiger partial charge in [-0.1, -0.05) is 41.9 Å². The van der Waals surface area contributed by atoms with Crippen molar-refractivity contribution in [1.29, 1.82) is 5.26 Å². The molecule has 2 aliphatic rings. The summed E-state index contributed by atoms with van der Waals surface area (Å²) in [5, 5.41) is 41.9. The summed E-state index contributed by atoms with van der Waals surface area (Å²) in [4.78, 5) is 34.5. The molecule has 0 unspecified atom stereocenters. The van der Waals surface area contributed by atoms with Crippen LogP contribution >= 0.6 is 11.6 Å². The van der Waals surface area contributed by atoms with Crippen molar-refractivity contribution in [3.63, 3.8) is 0 Å². The van der Waals surface area contributed by atoms with Crippen molar-refractivity contribution in [2.24, 2.45) is 0 Å². The fourth-order valence-electron chi connectivity index (χ4n) is 7.23. The molecule has 0 radical (unpaired) electrons. The molecule has 1 saturated heterocycles. The highest BCUT2D eigenvalue weighted by Crippen LogP contribution is 2.44. The highest BCUT2D eigenvalue weighted by atomic mass is 35.5. The second kappa shape index (κ2) is 20.7. The third-order valence-corrected chi connectivity index (χ3v) is 10.5.